The molecular formula is C20H31N3O5S. The molecule has 1 aliphatic heterocycles. The summed E-state index contributed by atoms with van der Waals surface area (Å²) in [5, 5.41) is 2.80. The average Bonchev–Trinajstić information content (AvgIpc) is 3.22. The predicted octanol–water partition coefficient (Wildman–Crippen LogP) is 2.60. The van der Waals surface area contributed by atoms with Crippen LogP contribution in [0.2, 0.25) is 0 Å². The van der Waals surface area contributed by atoms with Gasteiger partial charge in [0, 0.05) is 32.6 Å². The van der Waals surface area contributed by atoms with Crippen LogP contribution in [-0.2, 0) is 24.3 Å². The first kappa shape index (κ1) is 23.2. The molecule has 8 nitrogen and oxygen atoms in total. The van der Waals surface area contributed by atoms with Crippen LogP contribution < -0.4 is 10.2 Å². The van der Waals surface area contributed by atoms with Gasteiger partial charge in [0.2, 0.25) is 15.9 Å². The van der Waals surface area contributed by atoms with E-state index in [-0.39, 0.29) is 30.3 Å². The Labute approximate surface area is 173 Å². The zero-order valence-corrected chi connectivity index (χ0v) is 18.3. The van der Waals surface area contributed by atoms with Crippen molar-refractivity contribution in [2.75, 3.05) is 43.0 Å². The molecule has 1 aromatic rings. The standard InChI is InChI=1S/C20H31N3O5S/c1-4-23(5-2)29(26,27)16-9-10-18(22-13-7-8-14-22)17(15-16)21-19(24)11-12-20(25)28-6-3/h9-10,15H,4-8,11-14H2,1-3H3,(H,21,24). The molecule has 1 aromatic carbocycles. The van der Waals surface area contributed by atoms with Crippen molar-refractivity contribution in [2.45, 2.75) is 51.3 Å². The van der Waals surface area contributed by atoms with Crippen molar-refractivity contribution in [1.29, 1.82) is 0 Å². The lowest BCUT2D eigenvalue weighted by Gasteiger charge is -2.24. The first-order valence-corrected chi connectivity index (χ1v) is 11.6. The van der Waals surface area contributed by atoms with Gasteiger partial charge in [0.1, 0.15) is 0 Å². The van der Waals surface area contributed by atoms with Gasteiger partial charge < -0.3 is 15.0 Å². The number of nitrogens with one attached hydrogen (secondary N) is 1. The molecule has 162 valence electrons. The van der Waals surface area contributed by atoms with Gasteiger partial charge >= 0.3 is 5.97 Å². The van der Waals surface area contributed by atoms with E-state index in [1.807, 2.05) is 0 Å². The zero-order chi connectivity index (χ0) is 21.4. The molecule has 1 amide bonds. The lowest BCUT2D eigenvalue weighted by atomic mass is 10.2. The predicted molar refractivity (Wildman–Crippen MR) is 112 cm³/mol. The van der Waals surface area contributed by atoms with Crippen molar-refractivity contribution in [3.8, 4) is 0 Å². The third-order valence-electron chi connectivity index (χ3n) is 4.89. The fraction of sp³-hybridized carbons (Fsp3) is 0.600. The molecule has 0 bridgehead atoms. The van der Waals surface area contributed by atoms with Crippen LogP contribution in [0.1, 0.15) is 46.5 Å². The van der Waals surface area contributed by atoms with Crippen LogP contribution in [0.3, 0.4) is 0 Å². The quantitative estimate of drug-likeness (QED) is 0.579. The summed E-state index contributed by atoms with van der Waals surface area (Å²) in [5.74, 6) is -0.781. The lowest BCUT2D eigenvalue weighted by Crippen LogP contribution is -2.31. The SMILES string of the molecule is CCOC(=O)CCC(=O)Nc1cc(S(=O)(=O)N(CC)CC)ccc1N1CCCC1. The highest BCUT2D eigenvalue weighted by molar-refractivity contribution is 7.89. The topological polar surface area (TPSA) is 96.0 Å². The molecule has 0 unspecified atom stereocenters. The van der Waals surface area contributed by atoms with Crippen LogP contribution in [0.4, 0.5) is 11.4 Å². The Hall–Kier alpha value is -2.13. The number of nitrogens with zero attached hydrogens (tertiary/aromatic N) is 2. The second-order valence-electron chi connectivity index (χ2n) is 6.82. The van der Waals surface area contributed by atoms with Crippen LogP contribution in [0.25, 0.3) is 0 Å². The molecule has 0 atom stereocenters. The number of carbonyl (C=O) groups is 2. The van der Waals surface area contributed by atoms with Crippen molar-refractivity contribution in [2.24, 2.45) is 0 Å². The number of benzene rings is 1. The molecule has 9 heteroatoms. The second-order valence-corrected chi connectivity index (χ2v) is 8.75. The van der Waals surface area contributed by atoms with Crippen molar-refractivity contribution in [3.05, 3.63) is 18.2 Å². The van der Waals surface area contributed by atoms with E-state index < -0.39 is 16.0 Å². The van der Waals surface area contributed by atoms with E-state index in [9.17, 15) is 18.0 Å². The van der Waals surface area contributed by atoms with Gasteiger partial charge in [-0.3, -0.25) is 9.59 Å². The summed E-state index contributed by atoms with van der Waals surface area (Å²) in [7, 11) is -3.64. The molecule has 0 aromatic heterocycles. The summed E-state index contributed by atoms with van der Waals surface area (Å²) in [4.78, 5) is 26.2. The molecule has 0 radical (unpaired) electrons. The van der Waals surface area contributed by atoms with E-state index in [1.54, 1.807) is 32.9 Å². The Bertz CT molecular complexity index is 815. The summed E-state index contributed by atoms with van der Waals surface area (Å²) in [6.45, 7) is 8.01. The van der Waals surface area contributed by atoms with Gasteiger partial charge in [0.15, 0.2) is 0 Å². The summed E-state index contributed by atoms with van der Waals surface area (Å²) >= 11 is 0. The number of sulfonamides is 1. The Kier molecular flexibility index (Phi) is 8.45. The highest BCUT2D eigenvalue weighted by Crippen LogP contribution is 2.32. The molecular weight excluding hydrogens is 394 g/mol. The Balaban J connectivity index is 2.28. The molecule has 1 fully saturated rings. The van der Waals surface area contributed by atoms with Crippen molar-refractivity contribution < 1.29 is 22.7 Å². The number of rotatable bonds is 10. The number of amides is 1. The molecule has 1 aliphatic rings. The maximum absolute atomic E-state index is 12.9. The fourth-order valence-corrected chi connectivity index (χ4v) is 4.87. The minimum Gasteiger partial charge on any atom is -0.466 e. The van der Waals surface area contributed by atoms with Gasteiger partial charge in [-0.2, -0.15) is 4.31 Å². The minimum absolute atomic E-state index is 0.0177. The number of hydrogen-bond acceptors (Lipinski definition) is 6. The third kappa shape index (κ3) is 5.93. The highest BCUT2D eigenvalue weighted by atomic mass is 32.2. The Morgan fingerprint density at radius 1 is 1.10 bits per heavy atom. The van der Waals surface area contributed by atoms with E-state index in [0.29, 0.717) is 18.8 Å². The number of esters is 1. The van der Waals surface area contributed by atoms with Gasteiger partial charge in [-0.15, -0.1) is 0 Å². The monoisotopic (exact) mass is 425 g/mol. The molecule has 1 saturated heterocycles. The lowest BCUT2D eigenvalue weighted by molar-refractivity contribution is -0.144. The van der Waals surface area contributed by atoms with Gasteiger partial charge in [-0.05, 0) is 38.0 Å². The molecule has 1 N–H and O–H groups in total. The maximum Gasteiger partial charge on any atom is 0.306 e. The summed E-state index contributed by atoms with van der Waals surface area (Å²) in [5.41, 5.74) is 1.25. The largest absolute Gasteiger partial charge is 0.466 e. The van der Waals surface area contributed by atoms with E-state index >= 15 is 0 Å². The molecule has 1 heterocycles. The van der Waals surface area contributed by atoms with Gasteiger partial charge in [-0.1, -0.05) is 13.8 Å². The number of ether oxygens (including phenoxy) is 1. The Morgan fingerprint density at radius 3 is 2.34 bits per heavy atom. The molecule has 0 aliphatic carbocycles. The molecule has 0 spiro atoms. The average molecular weight is 426 g/mol. The number of anilines is 2. The van der Waals surface area contributed by atoms with Gasteiger partial charge in [0.05, 0.1) is 29.3 Å². The summed E-state index contributed by atoms with van der Waals surface area (Å²) in [6.07, 6.45) is 2.06. The van der Waals surface area contributed by atoms with Crippen LogP contribution in [0.5, 0.6) is 0 Å². The Morgan fingerprint density at radius 2 is 1.76 bits per heavy atom. The molecule has 0 saturated carbocycles. The van der Waals surface area contributed by atoms with E-state index in [4.69, 9.17) is 4.74 Å². The van der Waals surface area contributed by atoms with Crippen LogP contribution in [-0.4, -0.2) is 57.4 Å². The van der Waals surface area contributed by atoms with E-state index in [2.05, 4.69) is 10.2 Å². The summed E-state index contributed by atoms with van der Waals surface area (Å²) < 4.78 is 32.0. The van der Waals surface area contributed by atoms with Gasteiger partial charge in [-0.25, -0.2) is 8.42 Å². The van der Waals surface area contributed by atoms with Crippen LogP contribution in [0, 0.1) is 0 Å². The first-order valence-electron chi connectivity index (χ1n) is 10.2. The molecule has 2 rings (SSSR count). The smallest absolute Gasteiger partial charge is 0.306 e. The number of hydrogen-bond donors (Lipinski definition) is 1. The first-order chi connectivity index (χ1) is 13.8. The minimum atomic E-state index is -3.64. The third-order valence-corrected chi connectivity index (χ3v) is 6.94. The van der Waals surface area contributed by atoms with E-state index in [1.165, 1.54) is 10.4 Å². The van der Waals surface area contributed by atoms with E-state index in [0.717, 1.165) is 31.6 Å². The van der Waals surface area contributed by atoms with Crippen molar-refractivity contribution in [1.82, 2.24) is 4.31 Å². The fourth-order valence-electron chi connectivity index (χ4n) is 3.38. The normalized spacial score (nSPS) is 14.3. The number of carbonyl (C=O) groups excluding carboxylic acids is 2. The molecule has 29 heavy (non-hydrogen) atoms. The van der Waals surface area contributed by atoms with Crippen molar-refractivity contribution >= 4 is 33.3 Å². The van der Waals surface area contributed by atoms with Crippen molar-refractivity contribution in [3.63, 3.8) is 0 Å². The van der Waals surface area contributed by atoms with Crippen LogP contribution >= 0.6 is 0 Å². The second kappa shape index (κ2) is 10.6. The maximum atomic E-state index is 12.9. The van der Waals surface area contributed by atoms with Crippen LogP contribution in [0.15, 0.2) is 23.1 Å². The summed E-state index contributed by atoms with van der Waals surface area (Å²) in [6, 6.07) is 4.86. The van der Waals surface area contributed by atoms with Gasteiger partial charge in [0.25, 0.3) is 0 Å². The highest BCUT2D eigenvalue weighted by Gasteiger charge is 2.25. The zero-order valence-electron chi connectivity index (χ0n) is 17.4.